The van der Waals surface area contributed by atoms with Gasteiger partial charge in [0.15, 0.2) is 0 Å². The van der Waals surface area contributed by atoms with E-state index in [1.165, 1.54) is 10.8 Å². The van der Waals surface area contributed by atoms with Crippen molar-refractivity contribution in [3.63, 3.8) is 0 Å². The first-order valence-electron chi connectivity index (χ1n) is 9.53. The third kappa shape index (κ3) is 6.98. The number of rotatable bonds is 9. The number of carbonyl (C=O) groups is 1. The topological polar surface area (TPSA) is 37.3 Å². The second kappa shape index (κ2) is 12.5. The summed E-state index contributed by atoms with van der Waals surface area (Å²) in [5.74, 6) is 2.66. The van der Waals surface area contributed by atoms with Crippen LogP contribution in [-0.2, 0) is 43.9 Å². The molecule has 0 aliphatic heterocycles. The molecule has 0 amide bonds. The zero-order valence-electron chi connectivity index (χ0n) is 16.1. The number of fused-ring (bicyclic) bond motifs is 1. The van der Waals surface area contributed by atoms with Crippen LogP contribution in [0.2, 0.25) is 0 Å². The van der Waals surface area contributed by atoms with Crippen molar-refractivity contribution in [2.75, 3.05) is 11.5 Å². The molecule has 1 saturated carbocycles. The van der Waals surface area contributed by atoms with Gasteiger partial charge in [0.25, 0.3) is 0 Å². The second-order valence-electron chi connectivity index (χ2n) is 7.06. The monoisotopic (exact) mass is 488 g/mol. The number of hydrogen-bond acceptors (Lipinski definition) is 4. The predicted molar refractivity (Wildman–Crippen MR) is 119 cm³/mol. The van der Waals surface area contributed by atoms with E-state index < -0.39 is 6.10 Å². The average Bonchev–Trinajstić information content (AvgIpc) is 3.03. The number of aliphatic hydroxyl groups excluding tert-OH is 1. The molecule has 3 atom stereocenters. The van der Waals surface area contributed by atoms with Crippen LogP contribution >= 0.6 is 23.5 Å². The molecule has 0 heterocycles. The van der Waals surface area contributed by atoms with Crippen LogP contribution in [0.5, 0.6) is 0 Å². The van der Waals surface area contributed by atoms with Crippen LogP contribution in [0, 0.1) is 12.2 Å². The van der Waals surface area contributed by atoms with E-state index in [0.717, 1.165) is 29.9 Å². The number of benzene rings is 2. The van der Waals surface area contributed by atoms with E-state index in [4.69, 9.17) is 0 Å². The number of carbonyl (C=O) groups excluding carboxylic acids is 1. The van der Waals surface area contributed by atoms with Gasteiger partial charge in [-0.05, 0) is 46.6 Å². The molecular weight excluding hydrogens is 461 g/mol. The molecule has 2 aromatic carbocycles. The summed E-state index contributed by atoms with van der Waals surface area (Å²) in [5, 5.41) is 12.9. The quantitative estimate of drug-likeness (QED) is 0.296. The number of hydrogen-bond donors (Lipinski definition) is 1. The van der Waals surface area contributed by atoms with Crippen LogP contribution in [0.1, 0.15) is 24.8 Å². The summed E-state index contributed by atoms with van der Waals surface area (Å²) in [7, 11) is 0. The Hall–Kier alpha value is -0.126. The molecule has 1 N–H and O–H groups in total. The Labute approximate surface area is 202 Å². The SMILES string of the molecule is [CH2-]SCCCS[C@H]1C(=O)CC[C@@H]1/C=C/C(O)Cc1ccc2ccccc2c1.[Y]. The molecular formula is C23H27O2S2Y-. The van der Waals surface area contributed by atoms with Crippen molar-refractivity contribution < 1.29 is 42.6 Å². The Morgan fingerprint density at radius 3 is 2.75 bits per heavy atom. The average molecular weight is 489 g/mol. The second-order valence-corrected chi connectivity index (χ2v) is 9.13. The molecule has 1 aliphatic rings. The molecule has 28 heavy (non-hydrogen) atoms. The Balaban J connectivity index is 0.00000280. The maximum atomic E-state index is 12.2. The standard InChI is InChI=1S/C23H27O2S2.Y/c1-26-13-4-14-27-23-19(10-12-22(23)25)9-11-21(24)16-17-7-8-18-5-2-3-6-20(18)15-17;/h2-3,5-9,11,15,19,21,23-24H,1,4,10,12-14,16H2;/q-1;/b11-9+;/t19-,21?,23+;/m0./s1. The van der Waals surface area contributed by atoms with E-state index >= 15 is 0 Å². The summed E-state index contributed by atoms with van der Waals surface area (Å²) in [6.07, 6.45) is 10.5. The molecule has 3 rings (SSSR count). The van der Waals surface area contributed by atoms with Crippen molar-refractivity contribution in [1.82, 2.24) is 0 Å². The van der Waals surface area contributed by atoms with E-state index in [1.54, 1.807) is 23.5 Å². The molecule has 1 aliphatic carbocycles. The van der Waals surface area contributed by atoms with Crippen LogP contribution in [0.3, 0.4) is 0 Å². The Morgan fingerprint density at radius 1 is 1.18 bits per heavy atom. The minimum Gasteiger partial charge on any atom is -0.389 e. The summed E-state index contributed by atoms with van der Waals surface area (Å²) in [5.41, 5.74) is 1.13. The number of ketones is 1. The maximum absolute atomic E-state index is 12.2. The van der Waals surface area contributed by atoms with Crippen molar-refractivity contribution in [2.24, 2.45) is 5.92 Å². The zero-order chi connectivity index (χ0) is 19.1. The number of aliphatic hydroxyl groups is 1. The summed E-state index contributed by atoms with van der Waals surface area (Å²) in [6, 6.07) is 14.6. The van der Waals surface area contributed by atoms with Crippen LogP contribution in [-0.4, -0.2) is 33.7 Å². The van der Waals surface area contributed by atoms with Gasteiger partial charge in [0, 0.05) is 45.6 Å². The van der Waals surface area contributed by atoms with E-state index in [1.807, 2.05) is 18.2 Å². The molecule has 1 fully saturated rings. The van der Waals surface area contributed by atoms with Crippen molar-refractivity contribution in [2.45, 2.75) is 37.0 Å². The van der Waals surface area contributed by atoms with E-state index in [2.05, 4.69) is 42.7 Å². The third-order valence-corrected chi connectivity index (χ3v) is 7.07. The third-order valence-electron chi connectivity index (χ3n) is 5.00. The Kier molecular flexibility index (Phi) is 10.8. The van der Waals surface area contributed by atoms with Crippen LogP contribution in [0.4, 0.5) is 0 Å². The van der Waals surface area contributed by atoms with E-state index in [9.17, 15) is 9.90 Å². The van der Waals surface area contributed by atoms with Gasteiger partial charge in [0.1, 0.15) is 5.78 Å². The van der Waals surface area contributed by atoms with Crippen molar-refractivity contribution in [3.8, 4) is 0 Å². The van der Waals surface area contributed by atoms with Crippen LogP contribution < -0.4 is 0 Å². The van der Waals surface area contributed by atoms with Gasteiger partial charge in [0.05, 0.1) is 11.4 Å². The van der Waals surface area contributed by atoms with Gasteiger partial charge in [-0.3, -0.25) is 11.1 Å². The normalized spacial score (nSPS) is 20.6. The summed E-state index contributed by atoms with van der Waals surface area (Å²) >= 11 is 3.38. The molecule has 2 nitrogen and oxygen atoms in total. The molecule has 1 unspecified atom stereocenters. The van der Waals surface area contributed by atoms with Crippen molar-refractivity contribution >= 4 is 40.1 Å². The molecule has 0 aromatic heterocycles. The van der Waals surface area contributed by atoms with Gasteiger partial charge in [-0.15, -0.1) is 11.8 Å². The molecule has 0 bridgehead atoms. The fourth-order valence-corrected chi connectivity index (χ4v) is 5.45. The summed E-state index contributed by atoms with van der Waals surface area (Å²) in [4.78, 5) is 12.2. The molecule has 1 radical (unpaired) electrons. The van der Waals surface area contributed by atoms with Crippen LogP contribution in [0.25, 0.3) is 10.8 Å². The smallest absolute Gasteiger partial charge is 0.146 e. The van der Waals surface area contributed by atoms with E-state index in [0.29, 0.717) is 18.6 Å². The first kappa shape index (κ1) is 24.1. The molecule has 0 spiro atoms. The van der Waals surface area contributed by atoms with Gasteiger partial charge < -0.3 is 16.9 Å². The van der Waals surface area contributed by atoms with Gasteiger partial charge in [-0.25, -0.2) is 0 Å². The molecule has 147 valence electrons. The predicted octanol–water partition coefficient (Wildman–Crippen LogP) is 5.29. The largest absolute Gasteiger partial charge is 0.389 e. The minimum absolute atomic E-state index is 0. The Morgan fingerprint density at radius 2 is 1.96 bits per heavy atom. The Bertz CT molecular complexity index is 793. The zero-order valence-corrected chi connectivity index (χ0v) is 20.6. The minimum atomic E-state index is -0.518. The van der Waals surface area contributed by atoms with E-state index in [-0.39, 0.29) is 43.9 Å². The van der Waals surface area contributed by atoms with Gasteiger partial charge in [0.2, 0.25) is 0 Å². The first-order chi connectivity index (χ1) is 13.2. The van der Waals surface area contributed by atoms with Crippen molar-refractivity contribution in [3.05, 3.63) is 66.4 Å². The van der Waals surface area contributed by atoms with Crippen LogP contribution in [0.15, 0.2) is 54.6 Å². The summed E-state index contributed by atoms with van der Waals surface area (Å²) in [6.45, 7) is 0. The number of Topliss-reactive ketones (excluding diaryl/α,β-unsaturated/α-hetero) is 1. The molecule has 0 saturated heterocycles. The van der Waals surface area contributed by atoms with Gasteiger partial charge in [-0.1, -0.05) is 54.6 Å². The first-order valence-corrected chi connectivity index (χ1v) is 11.7. The number of allylic oxidation sites excluding steroid dienone is 1. The molecule has 5 heteroatoms. The summed E-state index contributed by atoms with van der Waals surface area (Å²) < 4.78 is 0. The fraction of sp³-hybridized carbons (Fsp3) is 0.391. The van der Waals surface area contributed by atoms with Gasteiger partial charge in [-0.2, -0.15) is 0 Å². The fourth-order valence-electron chi connectivity index (χ4n) is 3.57. The van der Waals surface area contributed by atoms with Crippen molar-refractivity contribution in [1.29, 1.82) is 0 Å². The van der Waals surface area contributed by atoms with Gasteiger partial charge >= 0.3 is 0 Å². The maximum Gasteiger partial charge on any atom is 0.146 e. The molecule has 2 aromatic rings. The number of thioether (sulfide) groups is 2.